The van der Waals surface area contributed by atoms with Crippen LogP contribution in [0.15, 0.2) is 18.2 Å². The predicted molar refractivity (Wildman–Crippen MR) is 70.1 cm³/mol. The van der Waals surface area contributed by atoms with Gasteiger partial charge in [0.15, 0.2) is 5.75 Å². The first kappa shape index (κ1) is 14.5. The van der Waals surface area contributed by atoms with Gasteiger partial charge >= 0.3 is 5.69 Å². The average molecular weight is 262 g/mol. The quantitative estimate of drug-likeness (QED) is 0.460. The molecule has 0 heterocycles. The van der Waals surface area contributed by atoms with Crippen LogP contribution in [0.25, 0.3) is 0 Å². The summed E-state index contributed by atoms with van der Waals surface area (Å²) in [4.78, 5) is 23.8. The number of nitro benzene ring substituents is 1. The highest BCUT2D eigenvalue weighted by atomic mass is 16.6. The van der Waals surface area contributed by atoms with E-state index in [1.165, 1.54) is 30.2 Å². The molecule has 0 saturated carbocycles. The molecule has 0 spiro atoms. The van der Waals surface area contributed by atoms with Gasteiger partial charge in [0.2, 0.25) is 0 Å². The largest absolute Gasteiger partial charge is 0.490 e. The lowest BCUT2D eigenvalue weighted by atomic mass is 10.1. The number of methoxy groups -OCH3 is 1. The number of rotatable bonds is 5. The Morgan fingerprint density at radius 1 is 1.58 bits per heavy atom. The zero-order chi connectivity index (χ0) is 14.4. The number of carbonyl (C=O) groups is 1. The fourth-order valence-corrected chi connectivity index (χ4v) is 1.59. The molecule has 1 rings (SSSR count). The van der Waals surface area contributed by atoms with E-state index in [0.29, 0.717) is 6.54 Å². The maximum Gasteiger partial charge on any atom is 0.311 e. The van der Waals surface area contributed by atoms with Crippen molar-refractivity contribution in [3.8, 4) is 18.1 Å². The van der Waals surface area contributed by atoms with Crippen molar-refractivity contribution < 1.29 is 14.5 Å². The Balaban J connectivity index is 3.15. The summed E-state index contributed by atoms with van der Waals surface area (Å²) < 4.78 is 4.88. The van der Waals surface area contributed by atoms with Gasteiger partial charge in [-0.05, 0) is 19.1 Å². The normalized spacial score (nSPS) is 9.53. The highest BCUT2D eigenvalue weighted by Crippen LogP contribution is 2.27. The van der Waals surface area contributed by atoms with E-state index in [9.17, 15) is 14.9 Å². The Morgan fingerprint density at radius 3 is 2.74 bits per heavy atom. The van der Waals surface area contributed by atoms with E-state index in [0.717, 1.165) is 0 Å². The number of ether oxygens (including phenoxy) is 1. The first-order valence-corrected chi connectivity index (χ1v) is 5.60. The van der Waals surface area contributed by atoms with Crippen molar-refractivity contribution >= 4 is 11.6 Å². The minimum Gasteiger partial charge on any atom is -0.490 e. The van der Waals surface area contributed by atoms with E-state index in [1.54, 1.807) is 6.92 Å². The van der Waals surface area contributed by atoms with Crippen LogP contribution in [-0.4, -0.2) is 35.9 Å². The number of terminal acetylenes is 1. The smallest absolute Gasteiger partial charge is 0.311 e. The first-order valence-electron chi connectivity index (χ1n) is 5.60. The number of benzene rings is 1. The molecule has 0 aliphatic carbocycles. The molecular formula is C13H14N2O4. The molecule has 6 heteroatoms. The van der Waals surface area contributed by atoms with Crippen molar-refractivity contribution in [1.82, 2.24) is 4.90 Å². The predicted octanol–water partition coefficient (Wildman–Crippen LogP) is 1.70. The van der Waals surface area contributed by atoms with Crippen LogP contribution in [-0.2, 0) is 0 Å². The highest BCUT2D eigenvalue weighted by molar-refractivity contribution is 5.95. The van der Waals surface area contributed by atoms with Gasteiger partial charge in [0.05, 0.1) is 18.6 Å². The Hall–Kier alpha value is -2.55. The van der Waals surface area contributed by atoms with Crippen molar-refractivity contribution in [2.75, 3.05) is 20.2 Å². The van der Waals surface area contributed by atoms with Gasteiger partial charge in [-0.2, -0.15) is 0 Å². The van der Waals surface area contributed by atoms with Crippen LogP contribution in [0.3, 0.4) is 0 Å². The summed E-state index contributed by atoms with van der Waals surface area (Å²) in [6.07, 6.45) is 5.17. The second-order valence-electron chi connectivity index (χ2n) is 3.67. The van der Waals surface area contributed by atoms with Crippen molar-refractivity contribution in [2.45, 2.75) is 6.92 Å². The third-order valence-corrected chi connectivity index (χ3v) is 2.57. The molecule has 6 nitrogen and oxygen atoms in total. The van der Waals surface area contributed by atoms with Crippen molar-refractivity contribution in [1.29, 1.82) is 0 Å². The molecule has 0 aliphatic heterocycles. The molecule has 1 amide bonds. The molecule has 0 aromatic heterocycles. The van der Waals surface area contributed by atoms with E-state index < -0.39 is 4.92 Å². The molecular weight excluding hydrogens is 248 g/mol. The molecule has 0 radical (unpaired) electrons. The van der Waals surface area contributed by atoms with Crippen LogP contribution >= 0.6 is 0 Å². The SMILES string of the molecule is C#CCN(CC)C(=O)c1ccc(OC)c([N+](=O)[O-])c1. The number of carbonyl (C=O) groups excluding carboxylic acids is 1. The van der Waals surface area contributed by atoms with Crippen LogP contribution in [0.2, 0.25) is 0 Å². The van der Waals surface area contributed by atoms with E-state index in [-0.39, 0.29) is 29.5 Å². The third-order valence-electron chi connectivity index (χ3n) is 2.57. The van der Waals surface area contributed by atoms with Gasteiger partial charge in [0.25, 0.3) is 5.91 Å². The average Bonchev–Trinajstić information content (AvgIpc) is 2.43. The Bertz CT molecular complexity index is 534. The van der Waals surface area contributed by atoms with Crippen molar-refractivity contribution in [3.05, 3.63) is 33.9 Å². The van der Waals surface area contributed by atoms with Gasteiger partial charge in [0.1, 0.15) is 0 Å². The van der Waals surface area contributed by atoms with Gasteiger partial charge in [-0.15, -0.1) is 6.42 Å². The fraction of sp³-hybridized carbons (Fsp3) is 0.308. The van der Waals surface area contributed by atoms with E-state index >= 15 is 0 Å². The van der Waals surface area contributed by atoms with Crippen LogP contribution in [0.1, 0.15) is 17.3 Å². The van der Waals surface area contributed by atoms with Gasteiger partial charge < -0.3 is 9.64 Å². The Kier molecular flexibility index (Phi) is 4.89. The zero-order valence-electron chi connectivity index (χ0n) is 10.8. The molecule has 0 fully saturated rings. The highest BCUT2D eigenvalue weighted by Gasteiger charge is 2.20. The number of hydrogen-bond donors (Lipinski definition) is 0. The van der Waals surface area contributed by atoms with Crippen molar-refractivity contribution in [3.63, 3.8) is 0 Å². The molecule has 1 aromatic carbocycles. The molecule has 100 valence electrons. The van der Waals surface area contributed by atoms with E-state index in [1.807, 2.05) is 0 Å². The maximum atomic E-state index is 12.1. The van der Waals surface area contributed by atoms with Gasteiger partial charge in [-0.25, -0.2) is 0 Å². The minimum absolute atomic E-state index is 0.113. The standard InChI is InChI=1S/C13H14N2O4/c1-4-8-14(5-2)13(16)10-6-7-12(19-3)11(9-10)15(17)18/h1,6-7,9H,5,8H2,2-3H3. The number of amides is 1. The van der Waals surface area contributed by atoms with Gasteiger partial charge in [-0.3, -0.25) is 14.9 Å². The molecule has 0 aliphatic rings. The summed E-state index contributed by atoms with van der Waals surface area (Å²) in [5.41, 5.74) is -0.0327. The summed E-state index contributed by atoms with van der Waals surface area (Å²) in [6.45, 7) is 2.38. The molecule has 0 unspecified atom stereocenters. The summed E-state index contributed by atoms with van der Waals surface area (Å²) in [5.74, 6) is 2.15. The van der Waals surface area contributed by atoms with Crippen molar-refractivity contribution in [2.24, 2.45) is 0 Å². The number of nitro groups is 1. The lowest BCUT2D eigenvalue weighted by molar-refractivity contribution is -0.385. The minimum atomic E-state index is -0.590. The zero-order valence-corrected chi connectivity index (χ0v) is 10.8. The molecule has 0 N–H and O–H groups in total. The molecule has 0 saturated heterocycles. The fourth-order valence-electron chi connectivity index (χ4n) is 1.59. The summed E-state index contributed by atoms with van der Waals surface area (Å²) in [5, 5.41) is 10.9. The maximum absolute atomic E-state index is 12.1. The monoisotopic (exact) mass is 262 g/mol. The number of nitrogens with zero attached hydrogens (tertiary/aromatic N) is 2. The summed E-state index contributed by atoms with van der Waals surface area (Å²) >= 11 is 0. The summed E-state index contributed by atoms with van der Waals surface area (Å²) in [7, 11) is 1.33. The second kappa shape index (κ2) is 6.40. The van der Waals surface area contributed by atoms with E-state index in [2.05, 4.69) is 5.92 Å². The van der Waals surface area contributed by atoms with Gasteiger partial charge in [-0.1, -0.05) is 5.92 Å². The lowest BCUT2D eigenvalue weighted by Gasteiger charge is -2.17. The third kappa shape index (κ3) is 3.22. The second-order valence-corrected chi connectivity index (χ2v) is 3.67. The molecule has 19 heavy (non-hydrogen) atoms. The van der Waals surface area contributed by atoms with Crippen LogP contribution in [0.5, 0.6) is 5.75 Å². The Labute approximate surface area is 111 Å². The van der Waals surface area contributed by atoms with Crippen LogP contribution in [0, 0.1) is 22.5 Å². The van der Waals surface area contributed by atoms with Gasteiger partial charge in [0, 0.05) is 18.2 Å². The summed E-state index contributed by atoms with van der Waals surface area (Å²) in [6, 6.07) is 4.07. The Morgan fingerprint density at radius 2 is 2.26 bits per heavy atom. The first-order chi connectivity index (χ1) is 9.04. The van der Waals surface area contributed by atoms with E-state index in [4.69, 9.17) is 11.2 Å². The topological polar surface area (TPSA) is 72.7 Å². The molecule has 0 bridgehead atoms. The number of hydrogen-bond acceptors (Lipinski definition) is 4. The lowest BCUT2D eigenvalue weighted by Crippen LogP contribution is -2.31. The van der Waals surface area contributed by atoms with Crippen LogP contribution < -0.4 is 4.74 Å². The molecule has 1 aromatic rings. The molecule has 0 atom stereocenters. The van der Waals surface area contributed by atoms with Crippen LogP contribution in [0.4, 0.5) is 5.69 Å².